The van der Waals surface area contributed by atoms with Crippen LogP contribution in [0.5, 0.6) is 0 Å². The molecule has 72 valence electrons. The molecule has 0 radical (unpaired) electrons. The fourth-order valence-corrected chi connectivity index (χ4v) is 1.77. The summed E-state index contributed by atoms with van der Waals surface area (Å²) < 4.78 is 0. The van der Waals surface area contributed by atoms with Crippen LogP contribution in [0.1, 0.15) is 13.3 Å². The molecule has 0 amide bonds. The van der Waals surface area contributed by atoms with Crippen LogP contribution >= 0.6 is 0 Å². The topological polar surface area (TPSA) is 26.7 Å². The number of likely N-dealkylation sites (tertiary alicyclic amines) is 1. The smallest absolute Gasteiger partial charge is 0.0639 e. The van der Waals surface area contributed by atoms with Gasteiger partial charge in [-0.25, -0.2) is 0 Å². The van der Waals surface area contributed by atoms with Crippen LogP contribution in [0.4, 0.5) is 0 Å². The Bertz CT molecular complexity index is 136. The Morgan fingerprint density at radius 3 is 2.67 bits per heavy atom. The molecule has 1 rings (SSSR count). The lowest BCUT2D eigenvalue weighted by molar-refractivity contribution is 0.136. The summed E-state index contributed by atoms with van der Waals surface area (Å²) in [6.07, 6.45) is 1.05. The summed E-state index contributed by atoms with van der Waals surface area (Å²) in [5, 5.41) is 9.18. The van der Waals surface area contributed by atoms with E-state index in [2.05, 4.69) is 23.9 Å². The van der Waals surface area contributed by atoms with Gasteiger partial charge >= 0.3 is 0 Å². The van der Waals surface area contributed by atoms with Crippen molar-refractivity contribution in [2.45, 2.75) is 25.5 Å². The van der Waals surface area contributed by atoms with Crippen LogP contribution in [0.25, 0.3) is 0 Å². The number of likely N-dealkylation sites (N-methyl/N-ethyl adjacent to an activating group) is 1. The van der Waals surface area contributed by atoms with E-state index < -0.39 is 0 Å². The molecular formula is C9H20N2O. The van der Waals surface area contributed by atoms with E-state index in [1.165, 1.54) is 6.42 Å². The average Bonchev–Trinajstić information content (AvgIpc) is 2.34. The van der Waals surface area contributed by atoms with Gasteiger partial charge in [0.1, 0.15) is 0 Å². The molecule has 1 aliphatic heterocycles. The molecule has 0 aromatic heterocycles. The van der Waals surface area contributed by atoms with E-state index in [-0.39, 0.29) is 6.10 Å². The zero-order chi connectivity index (χ0) is 9.14. The predicted octanol–water partition coefficient (Wildman–Crippen LogP) is 0.00310. The Balaban J connectivity index is 2.26. The summed E-state index contributed by atoms with van der Waals surface area (Å²) in [7, 11) is 4.24. The minimum Gasteiger partial charge on any atom is -0.392 e. The standard InChI is InChI=1S/C9H20N2O/c1-8(12)6-11-5-4-9(7-11)10(2)3/h8-9,12H,4-7H2,1-3H3/t8-,9?/m0/s1. The summed E-state index contributed by atoms with van der Waals surface area (Å²) in [4.78, 5) is 4.59. The first-order chi connectivity index (χ1) is 5.59. The summed E-state index contributed by atoms with van der Waals surface area (Å²) in [6.45, 7) is 4.92. The molecule has 1 heterocycles. The molecule has 0 spiro atoms. The van der Waals surface area contributed by atoms with Crippen LogP contribution < -0.4 is 0 Å². The van der Waals surface area contributed by atoms with Crippen molar-refractivity contribution in [3.05, 3.63) is 0 Å². The Hall–Kier alpha value is -0.120. The lowest BCUT2D eigenvalue weighted by Crippen LogP contribution is -2.34. The zero-order valence-electron chi connectivity index (χ0n) is 8.32. The Morgan fingerprint density at radius 1 is 1.58 bits per heavy atom. The molecule has 0 aliphatic carbocycles. The van der Waals surface area contributed by atoms with Gasteiger partial charge in [-0.2, -0.15) is 0 Å². The molecule has 1 fully saturated rings. The summed E-state index contributed by atoms with van der Waals surface area (Å²) in [5.74, 6) is 0. The van der Waals surface area contributed by atoms with E-state index >= 15 is 0 Å². The molecule has 0 aromatic rings. The molecule has 3 heteroatoms. The highest BCUT2D eigenvalue weighted by Gasteiger charge is 2.23. The second kappa shape index (κ2) is 4.21. The fourth-order valence-electron chi connectivity index (χ4n) is 1.77. The van der Waals surface area contributed by atoms with E-state index in [1.54, 1.807) is 0 Å². The van der Waals surface area contributed by atoms with Crippen molar-refractivity contribution >= 4 is 0 Å². The zero-order valence-corrected chi connectivity index (χ0v) is 8.32. The van der Waals surface area contributed by atoms with Gasteiger partial charge in [0.2, 0.25) is 0 Å². The minimum atomic E-state index is -0.189. The highest BCUT2D eigenvalue weighted by molar-refractivity contribution is 4.81. The van der Waals surface area contributed by atoms with E-state index in [1.807, 2.05) is 6.92 Å². The maximum atomic E-state index is 9.18. The number of hydrogen-bond acceptors (Lipinski definition) is 3. The lowest BCUT2D eigenvalue weighted by Gasteiger charge is -2.21. The number of aliphatic hydroxyl groups excluding tert-OH is 1. The highest BCUT2D eigenvalue weighted by atomic mass is 16.3. The van der Waals surface area contributed by atoms with Gasteiger partial charge in [-0.3, -0.25) is 4.90 Å². The second-order valence-corrected chi connectivity index (χ2v) is 4.01. The largest absolute Gasteiger partial charge is 0.392 e. The maximum absolute atomic E-state index is 9.18. The van der Waals surface area contributed by atoms with Gasteiger partial charge in [0.25, 0.3) is 0 Å². The van der Waals surface area contributed by atoms with Gasteiger partial charge in [-0.15, -0.1) is 0 Å². The molecule has 12 heavy (non-hydrogen) atoms. The minimum absolute atomic E-state index is 0.189. The quantitative estimate of drug-likeness (QED) is 0.649. The van der Waals surface area contributed by atoms with Crippen LogP contribution in [-0.4, -0.2) is 60.8 Å². The molecule has 3 nitrogen and oxygen atoms in total. The average molecular weight is 172 g/mol. The number of hydrogen-bond donors (Lipinski definition) is 1. The molecule has 1 saturated heterocycles. The third-order valence-electron chi connectivity index (χ3n) is 2.50. The van der Waals surface area contributed by atoms with E-state index in [9.17, 15) is 5.11 Å². The summed E-state index contributed by atoms with van der Waals surface area (Å²) >= 11 is 0. The molecule has 2 atom stereocenters. The van der Waals surface area contributed by atoms with Crippen molar-refractivity contribution in [1.82, 2.24) is 9.80 Å². The third-order valence-corrected chi connectivity index (χ3v) is 2.50. The number of β-amino-alcohol motifs (C(OH)–C–C–N with tert-alkyl or cyclic N) is 1. The first-order valence-corrected chi connectivity index (χ1v) is 4.66. The molecule has 1 unspecified atom stereocenters. The van der Waals surface area contributed by atoms with Crippen LogP contribution in [0.15, 0.2) is 0 Å². The van der Waals surface area contributed by atoms with Gasteiger partial charge < -0.3 is 10.0 Å². The van der Waals surface area contributed by atoms with E-state index in [0.717, 1.165) is 19.6 Å². The van der Waals surface area contributed by atoms with Crippen molar-refractivity contribution < 1.29 is 5.11 Å². The van der Waals surface area contributed by atoms with Crippen LogP contribution in [-0.2, 0) is 0 Å². The molecule has 0 bridgehead atoms. The van der Waals surface area contributed by atoms with Crippen molar-refractivity contribution in [2.24, 2.45) is 0 Å². The van der Waals surface area contributed by atoms with Gasteiger partial charge in [-0.05, 0) is 34.0 Å². The Kier molecular flexibility index (Phi) is 3.50. The molecule has 1 N–H and O–H groups in total. The monoisotopic (exact) mass is 172 g/mol. The van der Waals surface area contributed by atoms with Crippen LogP contribution in [0, 0.1) is 0 Å². The summed E-state index contributed by atoms with van der Waals surface area (Å²) in [5.41, 5.74) is 0. The molecule has 0 saturated carbocycles. The van der Waals surface area contributed by atoms with Gasteiger partial charge in [-0.1, -0.05) is 0 Å². The van der Waals surface area contributed by atoms with Crippen molar-refractivity contribution in [3.8, 4) is 0 Å². The lowest BCUT2D eigenvalue weighted by atomic mass is 10.2. The van der Waals surface area contributed by atoms with Gasteiger partial charge in [0.15, 0.2) is 0 Å². The normalized spacial score (nSPS) is 28.2. The van der Waals surface area contributed by atoms with E-state index in [0.29, 0.717) is 6.04 Å². The van der Waals surface area contributed by atoms with Crippen molar-refractivity contribution in [3.63, 3.8) is 0 Å². The van der Waals surface area contributed by atoms with Gasteiger partial charge in [0.05, 0.1) is 6.10 Å². The maximum Gasteiger partial charge on any atom is 0.0639 e. The molecule has 0 aromatic carbocycles. The number of aliphatic hydroxyl groups is 1. The first-order valence-electron chi connectivity index (χ1n) is 4.66. The molecular weight excluding hydrogens is 152 g/mol. The second-order valence-electron chi connectivity index (χ2n) is 4.01. The molecule has 1 aliphatic rings. The van der Waals surface area contributed by atoms with Crippen LogP contribution in [0.2, 0.25) is 0 Å². The van der Waals surface area contributed by atoms with E-state index in [4.69, 9.17) is 0 Å². The number of nitrogens with zero attached hydrogens (tertiary/aromatic N) is 2. The highest BCUT2D eigenvalue weighted by Crippen LogP contribution is 2.12. The SMILES string of the molecule is C[C@H](O)CN1CCC(N(C)C)C1. The van der Waals surface area contributed by atoms with Gasteiger partial charge in [0, 0.05) is 19.1 Å². The Morgan fingerprint density at radius 2 is 2.25 bits per heavy atom. The Labute approximate surface area is 75.0 Å². The fraction of sp³-hybridized carbons (Fsp3) is 1.00. The van der Waals surface area contributed by atoms with Crippen LogP contribution in [0.3, 0.4) is 0 Å². The predicted molar refractivity (Wildman–Crippen MR) is 50.2 cm³/mol. The summed E-state index contributed by atoms with van der Waals surface area (Å²) in [6, 6.07) is 0.684. The third kappa shape index (κ3) is 2.73. The first kappa shape index (κ1) is 9.96. The number of rotatable bonds is 3. The van der Waals surface area contributed by atoms with Crippen molar-refractivity contribution in [1.29, 1.82) is 0 Å². The van der Waals surface area contributed by atoms with Crippen molar-refractivity contribution in [2.75, 3.05) is 33.7 Å².